The fourth-order valence-corrected chi connectivity index (χ4v) is 2.29. The zero-order chi connectivity index (χ0) is 13.9. The monoisotopic (exact) mass is 255 g/mol. The van der Waals surface area contributed by atoms with Crippen molar-refractivity contribution in [3.05, 3.63) is 0 Å². The molecule has 0 aliphatic carbocycles. The lowest BCUT2D eigenvalue weighted by Gasteiger charge is -2.41. The lowest BCUT2D eigenvalue weighted by atomic mass is 9.97. The zero-order valence-corrected chi connectivity index (χ0v) is 12.5. The maximum absolute atomic E-state index is 11.9. The minimum absolute atomic E-state index is 0.000733. The van der Waals surface area contributed by atoms with Crippen LogP contribution >= 0.6 is 0 Å². The van der Waals surface area contributed by atoms with Crippen LogP contribution in [0.5, 0.6) is 0 Å². The second-order valence-electron chi connectivity index (χ2n) is 6.71. The van der Waals surface area contributed by atoms with Gasteiger partial charge in [-0.15, -0.1) is 0 Å². The summed E-state index contributed by atoms with van der Waals surface area (Å²) in [7, 11) is 0. The molecule has 0 saturated carbocycles. The van der Waals surface area contributed by atoms with E-state index in [9.17, 15) is 4.79 Å². The number of amides is 1. The highest BCUT2D eigenvalue weighted by Crippen LogP contribution is 2.20. The number of carbonyl (C=O) groups excluding carboxylic acids is 1. The first-order valence-electron chi connectivity index (χ1n) is 7.03. The van der Waals surface area contributed by atoms with Gasteiger partial charge in [-0.05, 0) is 39.5 Å². The molecule has 1 aliphatic rings. The third-order valence-corrected chi connectivity index (χ3v) is 3.81. The number of nitrogens with two attached hydrogens (primary N) is 1. The number of likely N-dealkylation sites (tertiary alicyclic amines) is 1. The van der Waals surface area contributed by atoms with Gasteiger partial charge in [0, 0.05) is 24.7 Å². The summed E-state index contributed by atoms with van der Waals surface area (Å²) in [4.78, 5) is 14.4. The molecular formula is C14H29N3O. The Hall–Kier alpha value is -0.610. The van der Waals surface area contributed by atoms with Crippen molar-refractivity contribution in [3.8, 4) is 0 Å². The van der Waals surface area contributed by atoms with E-state index in [1.807, 2.05) is 13.8 Å². The van der Waals surface area contributed by atoms with Crippen LogP contribution in [0, 0.1) is 5.92 Å². The van der Waals surface area contributed by atoms with E-state index in [2.05, 4.69) is 31.0 Å². The van der Waals surface area contributed by atoms with E-state index in [1.54, 1.807) is 0 Å². The normalized spacial score (nSPS) is 21.1. The number of hydrogen-bond acceptors (Lipinski definition) is 3. The maximum atomic E-state index is 11.9. The van der Waals surface area contributed by atoms with Crippen molar-refractivity contribution in [1.82, 2.24) is 10.2 Å². The number of piperidine rings is 1. The van der Waals surface area contributed by atoms with Crippen molar-refractivity contribution in [2.24, 2.45) is 11.7 Å². The van der Waals surface area contributed by atoms with Gasteiger partial charge in [0.15, 0.2) is 0 Å². The topological polar surface area (TPSA) is 58.4 Å². The molecule has 0 unspecified atom stereocenters. The lowest BCUT2D eigenvalue weighted by Crippen LogP contribution is -2.53. The Labute approximate surface area is 111 Å². The van der Waals surface area contributed by atoms with E-state index in [4.69, 9.17) is 5.73 Å². The van der Waals surface area contributed by atoms with Gasteiger partial charge in [-0.2, -0.15) is 0 Å². The molecule has 1 saturated heterocycles. The molecule has 0 aromatic rings. The largest absolute Gasteiger partial charge is 0.352 e. The van der Waals surface area contributed by atoms with Crippen molar-refractivity contribution in [2.45, 2.75) is 65.1 Å². The molecule has 1 atom stereocenters. The van der Waals surface area contributed by atoms with Crippen LogP contribution in [-0.4, -0.2) is 41.5 Å². The van der Waals surface area contributed by atoms with Crippen LogP contribution in [0.1, 0.15) is 47.5 Å². The van der Waals surface area contributed by atoms with Crippen molar-refractivity contribution < 1.29 is 4.79 Å². The summed E-state index contributed by atoms with van der Waals surface area (Å²) < 4.78 is 0. The van der Waals surface area contributed by atoms with E-state index in [0.717, 1.165) is 25.9 Å². The Morgan fingerprint density at radius 1 is 1.28 bits per heavy atom. The standard InChI is InChI=1S/C14H29N3O/c1-10(2)12(15)13(18)16-11-6-8-17(9-7-11)14(3,4)5/h10-12H,6-9,15H2,1-5H3,(H,16,18)/t12-/m1/s1. The summed E-state index contributed by atoms with van der Waals surface area (Å²) in [6, 6.07) is -0.0912. The first-order chi connectivity index (χ1) is 8.21. The van der Waals surface area contributed by atoms with Crippen molar-refractivity contribution >= 4 is 5.91 Å². The van der Waals surface area contributed by atoms with Gasteiger partial charge in [0.2, 0.25) is 5.91 Å². The van der Waals surface area contributed by atoms with Crippen molar-refractivity contribution in [3.63, 3.8) is 0 Å². The van der Waals surface area contributed by atoms with E-state index in [0.29, 0.717) is 6.04 Å². The summed E-state index contributed by atoms with van der Waals surface area (Å²) in [5, 5.41) is 3.08. The maximum Gasteiger partial charge on any atom is 0.237 e. The van der Waals surface area contributed by atoms with Crippen LogP contribution in [0.2, 0.25) is 0 Å². The molecular weight excluding hydrogens is 226 g/mol. The molecule has 106 valence electrons. The Bertz CT molecular complexity index is 275. The fraction of sp³-hybridized carbons (Fsp3) is 0.929. The quantitative estimate of drug-likeness (QED) is 0.800. The van der Waals surface area contributed by atoms with Crippen LogP contribution in [0.3, 0.4) is 0 Å². The average Bonchev–Trinajstić information content (AvgIpc) is 2.27. The molecule has 4 nitrogen and oxygen atoms in total. The SMILES string of the molecule is CC(C)[C@@H](N)C(=O)NC1CCN(C(C)(C)C)CC1. The van der Waals surface area contributed by atoms with Crippen LogP contribution < -0.4 is 11.1 Å². The highest BCUT2D eigenvalue weighted by molar-refractivity contribution is 5.82. The molecule has 0 aromatic carbocycles. The summed E-state index contributed by atoms with van der Waals surface area (Å²) >= 11 is 0. The van der Waals surface area contributed by atoms with Gasteiger partial charge >= 0.3 is 0 Å². The number of carbonyl (C=O) groups is 1. The van der Waals surface area contributed by atoms with E-state index in [-0.39, 0.29) is 23.4 Å². The van der Waals surface area contributed by atoms with E-state index < -0.39 is 0 Å². The Morgan fingerprint density at radius 3 is 2.17 bits per heavy atom. The molecule has 18 heavy (non-hydrogen) atoms. The minimum Gasteiger partial charge on any atom is -0.352 e. The zero-order valence-electron chi connectivity index (χ0n) is 12.5. The number of nitrogens with zero attached hydrogens (tertiary/aromatic N) is 1. The molecule has 1 aliphatic heterocycles. The summed E-state index contributed by atoms with van der Waals surface area (Å²) in [6.45, 7) is 12.8. The van der Waals surface area contributed by atoms with Crippen LogP contribution in [0.15, 0.2) is 0 Å². The summed E-state index contributed by atoms with van der Waals surface area (Å²) in [5.74, 6) is 0.193. The molecule has 0 aromatic heterocycles. The van der Waals surface area contributed by atoms with Gasteiger partial charge in [0.1, 0.15) is 0 Å². The first-order valence-corrected chi connectivity index (χ1v) is 7.03. The number of nitrogens with one attached hydrogen (secondary N) is 1. The van der Waals surface area contributed by atoms with Crippen LogP contribution in [-0.2, 0) is 4.79 Å². The molecule has 1 heterocycles. The molecule has 0 radical (unpaired) electrons. The molecule has 0 spiro atoms. The molecule has 1 rings (SSSR count). The molecule has 1 fully saturated rings. The van der Waals surface area contributed by atoms with Gasteiger partial charge in [-0.3, -0.25) is 9.69 Å². The fourth-order valence-electron chi connectivity index (χ4n) is 2.29. The van der Waals surface area contributed by atoms with Gasteiger partial charge < -0.3 is 11.1 Å². The van der Waals surface area contributed by atoms with Crippen LogP contribution in [0.25, 0.3) is 0 Å². The van der Waals surface area contributed by atoms with Gasteiger partial charge in [-0.1, -0.05) is 13.8 Å². The second-order valence-corrected chi connectivity index (χ2v) is 6.71. The smallest absolute Gasteiger partial charge is 0.237 e. The van der Waals surface area contributed by atoms with Crippen LogP contribution in [0.4, 0.5) is 0 Å². The first kappa shape index (κ1) is 15.4. The third kappa shape index (κ3) is 4.25. The number of rotatable bonds is 3. The molecule has 4 heteroatoms. The van der Waals surface area contributed by atoms with Crippen molar-refractivity contribution in [2.75, 3.05) is 13.1 Å². The van der Waals surface area contributed by atoms with Gasteiger partial charge in [0.25, 0.3) is 0 Å². The van der Waals surface area contributed by atoms with Gasteiger partial charge in [-0.25, -0.2) is 0 Å². The highest BCUT2D eigenvalue weighted by Gasteiger charge is 2.28. The molecule has 3 N–H and O–H groups in total. The van der Waals surface area contributed by atoms with E-state index in [1.165, 1.54) is 0 Å². The van der Waals surface area contributed by atoms with Gasteiger partial charge in [0.05, 0.1) is 6.04 Å². The van der Waals surface area contributed by atoms with E-state index >= 15 is 0 Å². The lowest BCUT2D eigenvalue weighted by molar-refractivity contribution is -0.124. The number of hydrogen-bond donors (Lipinski definition) is 2. The van der Waals surface area contributed by atoms with Crippen molar-refractivity contribution in [1.29, 1.82) is 0 Å². The highest BCUT2D eigenvalue weighted by atomic mass is 16.2. The predicted octanol–water partition coefficient (Wildman–Crippen LogP) is 1.35. The predicted molar refractivity (Wildman–Crippen MR) is 75.3 cm³/mol. The Kier molecular flexibility index (Phi) is 5.17. The summed E-state index contributed by atoms with van der Waals surface area (Å²) in [5.41, 5.74) is 6.08. The Balaban J connectivity index is 2.38. The minimum atomic E-state index is -0.384. The average molecular weight is 255 g/mol. The Morgan fingerprint density at radius 2 is 1.78 bits per heavy atom. The third-order valence-electron chi connectivity index (χ3n) is 3.81. The summed E-state index contributed by atoms with van der Waals surface area (Å²) in [6.07, 6.45) is 2.04. The molecule has 1 amide bonds. The second kappa shape index (κ2) is 6.02. The molecule has 0 bridgehead atoms.